The van der Waals surface area contributed by atoms with Gasteiger partial charge in [-0.25, -0.2) is 0 Å². The molecule has 3 rings (SSSR count). The lowest BCUT2D eigenvalue weighted by Crippen LogP contribution is -2.01. The summed E-state index contributed by atoms with van der Waals surface area (Å²) in [5, 5.41) is 1.26. The number of fused-ring (bicyclic) bond motifs is 1. The largest absolute Gasteiger partial charge is 0.253 e. The Morgan fingerprint density at radius 3 is 2.21 bits per heavy atom. The molecule has 0 spiro atoms. The third kappa shape index (κ3) is 3.15. The normalized spacial score (nSPS) is 18.7. The summed E-state index contributed by atoms with van der Waals surface area (Å²) in [6.45, 7) is 0. The van der Waals surface area contributed by atoms with Crippen molar-refractivity contribution in [3.8, 4) is 0 Å². The molecule has 1 fully saturated rings. The Morgan fingerprint density at radius 2 is 1.42 bits per heavy atom. The molecule has 0 aliphatic heterocycles. The standard InChI is InChI=1S/C18H23N/c1-2-4-6-10-15(9-5-3-1)18-14-13-16-11-7-8-12-17(16)19-18/h7-8,11-15H,1-6,9-10H2. The van der Waals surface area contributed by atoms with Gasteiger partial charge >= 0.3 is 0 Å². The van der Waals surface area contributed by atoms with Gasteiger partial charge in [0.25, 0.3) is 0 Å². The molecule has 0 radical (unpaired) electrons. The number of para-hydroxylation sites is 1. The summed E-state index contributed by atoms with van der Waals surface area (Å²) in [7, 11) is 0. The molecule has 1 aromatic carbocycles. The van der Waals surface area contributed by atoms with Gasteiger partial charge < -0.3 is 0 Å². The fraction of sp³-hybridized carbons (Fsp3) is 0.500. The molecule has 0 saturated heterocycles. The Balaban J connectivity index is 1.84. The van der Waals surface area contributed by atoms with E-state index in [1.165, 1.54) is 62.4 Å². The minimum absolute atomic E-state index is 0.683. The summed E-state index contributed by atoms with van der Waals surface area (Å²) in [5.74, 6) is 0.683. The Bertz CT molecular complexity index is 522. The average Bonchev–Trinajstić information content (AvgIpc) is 2.60. The quantitative estimate of drug-likeness (QED) is 0.658. The molecule has 19 heavy (non-hydrogen) atoms. The number of benzene rings is 1. The highest BCUT2D eigenvalue weighted by molar-refractivity contribution is 5.78. The predicted octanol–water partition coefficient (Wildman–Crippen LogP) is 5.45. The predicted molar refractivity (Wildman–Crippen MR) is 81.4 cm³/mol. The van der Waals surface area contributed by atoms with Gasteiger partial charge in [0.15, 0.2) is 0 Å². The lowest BCUT2D eigenvalue weighted by molar-refractivity contribution is 0.530. The smallest absolute Gasteiger partial charge is 0.0705 e. The molecule has 0 N–H and O–H groups in total. The molecule has 1 nitrogen and oxygen atoms in total. The number of rotatable bonds is 1. The van der Waals surface area contributed by atoms with Crippen LogP contribution in [0.1, 0.15) is 63.0 Å². The molecular weight excluding hydrogens is 230 g/mol. The van der Waals surface area contributed by atoms with Crippen LogP contribution in [0.4, 0.5) is 0 Å². The number of aromatic nitrogens is 1. The number of pyridine rings is 1. The first-order valence-corrected chi connectivity index (χ1v) is 7.79. The average molecular weight is 253 g/mol. The van der Waals surface area contributed by atoms with Gasteiger partial charge in [-0.05, 0) is 25.0 Å². The number of nitrogens with zero attached hydrogens (tertiary/aromatic N) is 1. The van der Waals surface area contributed by atoms with Gasteiger partial charge in [0.05, 0.1) is 5.52 Å². The Labute approximate surface area is 116 Å². The van der Waals surface area contributed by atoms with Crippen molar-refractivity contribution in [3.05, 3.63) is 42.1 Å². The molecule has 1 saturated carbocycles. The molecule has 1 aliphatic rings. The van der Waals surface area contributed by atoms with Gasteiger partial charge in [-0.1, -0.05) is 62.8 Å². The molecule has 1 aromatic heterocycles. The van der Waals surface area contributed by atoms with E-state index in [9.17, 15) is 0 Å². The van der Waals surface area contributed by atoms with Crippen molar-refractivity contribution in [2.75, 3.05) is 0 Å². The molecule has 0 amide bonds. The first-order chi connectivity index (χ1) is 9.43. The summed E-state index contributed by atoms with van der Waals surface area (Å²) >= 11 is 0. The first kappa shape index (κ1) is 12.7. The van der Waals surface area contributed by atoms with Crippen LogP contribution in [0.3, 0.4) is 0 Å². The van der Waals surface area contributed by atoms with Crippen molar-refractivity contribution < 1.29 is 0 Å². The van der Waals surface area contributed by atoms with Gasteiger partial charge in [-0.3, -0.25) is 4.98 Å². The third-order valence-corrected chi connectivity index (χ3v) is 4.39. The van der Waals surface area contributed by atoms with E-state index >= 15 is 0 Å². The van der Waals surface area contributed by atoms with E-state index in [-0.39, 0.29) is 0 Å². The highest BCUT2D eigenvalue weighted by Crippen LogP contribution is 2.30. The van der Waals surface area contributed by atoms with Gasteiger partial charge in [0.1, 0.15) is 0 Å². The maximum absolute atomic E-state index is 4.90. The van der Waals surface area contributed by atoms with Crippen LogP contribution in [-0.2, 0) is 0 Å². The van der Waals surface area contributed by atoms with Crippen LogP contribution in [-0.4, -0.2) is 4.98 Å². The summed E-state index contributed by atoms with van der Waals surface area (Å²) in [4.78, 5) is 4.90. The van der Waals surface area contributed by atoms with E-state index < -0.39 is 0 Å². The topological polar surface area (TPSA) is 12.9 Å². The van der Waals surface area contributed by atoms with Gasteiger partial charge in [0.2, 0.25) is 0 Å². The fourth-order valence-electron chi connectivity index (χ4n) is 3.24. The highest BCUT2D eigenvalue weighted by atomic mass is 14.7. The second kappa shape index (κ2) is 6.18. The molecule has 1 heteroatoms. The Kier molecular flexibility index (Phi) is 4.12. The zero-order valence-corrected chi connectivity index (χ0v) is 11.6. The van der Waals surface area contributed by atoms with E-state index in [0.717, 1.165) is 5.52 Å². The third-order valence-electron chi connectivity index (χ3n) is 4.39. The van der Waals surface area contributed by atoms with Crippen LogP contribution in [0.2, 0.25) is 0 Å². The van der Waals surface area contributed by atoms with E-state index in [4.69, 9.17) is 4.98 Å². The van der Waals surface area contributed by atoms with Crippen molar-refractivity contribution >= 4 is 10.9 Å². The second-order valence-corrected chi connectivity index (χ2v) is 5.82. The minimum atomic E-state index is 0.683. The van der Waals surface area contributed by atoms with Gasteiger partial charge in [-0.15, -0.1) is 0 Å². The van der Waals surface area contributed by atoms with Gasteiger partial charge in [-0.2, -0.15) is 0 Å². The SMILES string of the molecule is c1ccc2nc(C3CCCCCCCC3)ccc2c1. The number of hydrogen-bond acceptors (Lipinski definition) is 1. The van der Waals surface area contributed by atoms with Crippen LogP contribution < -0.4 is 0 Å². The maximum atomic E-state index is 4.90. The Hall–Kier alpha value is -1.37. The van der Waals surface area contributed by atoms with Crippen molar-refractivity contribution in [3.63, 3.8) is 0 Å². The molecule has 100 valence electrons. The highest BCUT2D eigenvalue weighted by Gasteiger charge is 2.14. The van der Waals surface area contributed by atoms with Crippen LogP contribution in [0, 0.1) is 0 Å². The summed E-state index contributed by atoms with van der Waals surface area (Å²) in [5.41, 5.74) is 2.47. The zero-order chi connectivity index (χ0) is 12.9. The Morgan fingerprint density at radius 1 is 0.737 bits per heavy atom. The maximum Gasteiger partial charge on any atom is 0.0705 e. The molecule has 0 atom stereocenters. The van der Waals surface area contributed by atoms with E-state index in [2.05, 4.69) is 36.4 Å². The summed E-state index contributed by atoms with van der Waals surface area (Å²) in [6, 6.07) is 12.9. The second-order valence-electron chi connectivity index (χ2n) is 5.82. The van der Waals surface area contributed by atoms with Gasteiger partial charge in [0, 0.05) is 17.0 Å². The van der Waals surface area contributed by atoms with Crippen molar-refractivity contribution in [2.24, 2.45) is 0 Å². The molecular formula is C18H23N. The zero-order valence-electron chi connectivity index (χ0n) is 11.6. The first-order valence-electron chi connectivity index (χ1n) is 7.79. The summed E-state index contributed by atoms with van der Waals surface area (Å²) in [6.07, 6.45) is 11.1. The molecule has 1 heterocycles. The lowest BCUT2D eigenvalue weighted by atomic mass is 9.93. The van der Waals surface area contributed by atoms with Crippen LogP contribution >= 0.6 is 0 Å². The molecule has 1 aliphatic carbocycles. The lowest BCUT2D eigenvalue weighted by Gasteiger charge is -2.15. The monoisotopic (exact) mass is 253 g/mol. The summed E-state index contributed by atoms with van der Waals surface area (Å²) < 4.78 is 0. The molecule has 2 aromatic rings. The molecule has 0 bridgehead atoms. The van der Waals surface area contributed by atoms with E-state index in [1.807, 2.05) is 0 Å². The van der Waals surface area contributed by atoms with Crippen molar-refractivity contribution in [1.82, 2.24) is 4.98 Å². The van der Waals surface area contributed by atoms with Crippen molar-refractivity contribution in [1.29, 1.82) is 0 Å². The van der Waals surface area contributed by atoms with Crippen LogP contribution in [0.5, 0.6) is 0 Å². The van der Waals surface area contributed by atoms with Crippen molar-refractivity contribution in [2.45, 2.75) is 57.3 Å². The fourth-order valence-corrected chi connectivity index (χ4v) is 3.24. The van der Waals surface area contributed by atoms with Crippen LogP contribution in [0.25, 0.3) is 10.9 Å². The minimum Gasteiger partial charge on any atom is -0.253 e. The van der Waals surface area contributed by atoms with E-state index in [1.54, 1.807) is 0 Å². The number of hydrogen-bond donors (Lipinski definition) is 0. The molecule has 0 unspecified atom stereocenters. The van der Waals surface area contributed by atoms with E-state index in [0.29, 0.717) is 5.92 Å². The van der Waals surface area contributed by atoms with Crippen LogP contribution in [0.15, 0.2) is 36.4 Å².